The Hall–Kier alpha value is -3.65. The van der Waals surface area contributed by atoms with Gasteiger partial charge in [0, 0.05) is 23.7 Å². The van der Waals surface area contributed by atoms with Gasteiger partial charge in [0.25, 0.3) is 11.6 Å². The van der Waals surface area contributed by atoms with Gasteiger partial charge in [-0.15, -0.1) is 0 Å². The third-order valence-corrected chi connectivity index (χ3v) is 5.85. The topological polar surface area (TPSA) is 96.9 Å². The van der Waals surface area contributed by atoms with E-state index >= 15 is 0 Å². The zero-order chi connectivity index (χ0) is 25.6. The van der Waals surface area contributed by atoms with Crippen molar-refractivity contribution >= 4 is 29.1 Å². The number of furan rings is 1. The number of hydrogen-bond donors (Lipinski definition) is 0. The lowest BCUT2D eigenvalue weighted by molar-refractivity contribution is -0.384. The van der Waals surface area contributed by atoms with Crippen LogP contribution in [0.3, 0.4) is 0 Å². The highest BCUT2D eigenvalue weighted by Gasteiger charge is 2.32. The standard InChI is InChI=1S/C26H28ClN3O5/c1-26(2,3)29(25(32)20-11-12-22(27)23(16-20)30(33)34)18-24(31)28(17-21-10-7-15-35-21)14-13-19-8-5-4-6-9-19/h4-12,15-16H,13-14,17-18H2,1-3H3. The fourth-order valence-electron chi connectivity index (χ4n) is 3.58. The molecule has 0 radical (unpaired) electrons. The van der Waals surface area contributed by atoms with Crippen LogP contribution in [0.15, 0.2) is 71.3 Å². The second kappa shape index (κ2) is 11.2. The predicted molar refractivity (Wildman–Crippen MR) is 133 cm³/mol. The predicted octanol–water partition coefficient (Wildman–Crippen LogP) is 5.35. The molecule has 3 aromatic rings. The monoisotopic (exact) mass is 497 g/mol. The average Bonchev–Trinajstić information content (AvgIpc) is 3.33. The smallest absolute Gasteiger partial charge is 0.288 e. The van der Waals surface area contributed by atoms with E-state index in [1.54, 1.807) is 23.3 Å². The number of benzene rings is 2. The van der Waals surface area contributed by atoms with E-state index in [4.69, 9.17) is 16.0 Å². The van der Waals surface area contributed by atoms with Crippen LogP contribution in [0.5, 0.6) is 0 Å². The van der Waals surface area contributed by atoms with Gasteiger partial charge in [-0.2, -0.15) is 0 Å². The van der Waals surface area contributed by atoms with Crippen molar-refractivity contribution in [3.8, 4) is 0 Å². The fraction of sp³-hybridized carbons (Fsp3) is 0.308. The Morgan fingerprint density at radius 3 is 2.37 bits per heavy atom. The van der Waals surface area contributed by atoms with E-state index in [-0.39, 0.29) is 35.3 Å². The molecule has 35 heavy (non-hydrogen) atoms. The Kier molecular flexibility index (Phi) is 8.30. The molecule has 0 N–H and O–H groups in total. The van der Waals surface area contributed by atoms with E-state index in [0.29, 0.717) is 18.7 Å². The lowest BCUT2D eigenvalue weighted by Gasteiger charge is -2.36. The number of nitro groups is 1. The Morgan fingerprint density at radius 1 is 1.06 bits per heavy atom. The Balaban J connectivity index is 1.84. The van der Waals surface area contributed by atoms with Crippen molar-refractivity contribution in [1.82, 2.24) is 9.80 Å². The van der Waals surface area contributed by atoms with Crippen LogP contribution in [0.2, 0.25) is 5.02 Å². The van der Waals surface area contributed by atoms with Gasteiger partial charge >= 0.3 is 0 Å². The molecule has 0 atom stereocenters. The van der Waals surface area contributed by atoms with E-state index < -0.39 is 16.4 Å². The molecule has 2 aromatic carbocycles. The summed E-state index contributed by atoms with van der Waals surface area (Å²) >= 11 is 5.91. The molecule has 8 nitrogen and oxygen atoms in total. The minimum absolute atomic E-state index is 0.0597. The summed E-state index contributed by atoms with van der Waals surface area (Å²) in [5.74, 6) is -0.121. The number of rotatable bonds is 9. The van der Waals surface area contributed by atoms with Crippen LogP contribution in [0, 0.1) is 10.1 Å². The first-order chi connectivity index (χ1) is 16.6. The first-order valence-corrected chi connectivity index (χ1v) is 11.5. The fourth-order valence-corrected chi connectivity index (χ4v) is 3.77. The number of nitrogens with zero attached hydrogens (tertiary/aromatic N) is 3. The molecule has 9 heteroatoms. The second-order valence-corrected chi connectivity index (χ2v) is 9.52. The van der Waals surface area contributed by atoms with Gasteiger partial charge in [0.05, 0.1) is 17.7 Å². The molecule has 1 aromatic heterocycles. The molecular formula is C26H28ClN3O5. The number of halogens is 1. The number of amides is 2. The molecule has 3 rings (SSSR count). The molecule has 2 amide bonds. The van der Waals surface area contributed by atoms with Gasteiger partial charge in [0.1, 0.15) is 17.3 Å². The Bertz CT molecular complexity index is 1170. The first kappa shape index (κ1) is 26.0. The van der Waals surface area contributed by atoms with Gasteiger partial charge in [-0.25, -0.2) is 0 Å². The third kappa shape index (κ3) is 6.93. The minimum atomic E-state index is -0.725. The maximum atomic E-state index is 13.5. The first-order valence-electron chi connectivity index (χ1n) is 11.2. The van der Waals surface area contributed by atoms with Crippen LogP contribution in [0.4, 0.5) is 5.69 Å². The van der Waals surface area contributed by atoms with E-state index in [0.717, 1.165) is 11.6 Å². The van der Waals surface area contributed by atoms with Crippen molar-refractivity contribution in [1.29, 1.82) is 0 Å². The van der Waals surface area contributed by atoms with E-state index in [1.807, 2.05) is 51.1 Å². The van der Waals surface area contributed by atoms with Gasteiger partial charge in [-0.05, 0) is 57.0 Å². The number of carbonyl (C=O) groups excluding carboxylic acids is 2. The molecular weight excluding hydrogens is 470 g/mol. The molecule has 1 heterocycles. The van der Waals surface area contributed by atoms with Crippen LogP contribution < -0.4 is 0 Å². The summed E-state index contributed by atoms with van der Waals surface area (Å²) in [7, 11) is 0. The van der Waals surface area contributed by atoms with Crippen molar-refractivity contribution in [2.75, 3.05) is 13.1 Å². The maximum Gasteiger partial charge on any atom is 0.288 e. The Labute approximate surface area is 209 Å². The molecule has 0 aliphatic heterocycles. The van der Waals surface area contributed by atoms with E-state index in [1.165, 1.54) is 17.0 Å². The molecule has 0 bridgehead atoms. The summed E-state index contributed by atoms with van der Waals surface area (Å²) < 4.78 is 5.45. The molecule has 0 aliphatic carbocycles. The van der Waals surface area contributed by atoms with Crippen LogP contribution in [-0.2, 0) is 17.8 Å². The van der Waals surface area contributed by atoms with Crippen molar-refractivity contribution in [3.63, 3.8) is 0 Å². The van der Waals surface area contributed by atoms with Gasteiger partial charge < -0.3 is 14.2 Å². The van der Waals surface area contributed by atoms with E-state index in [9.17, 15) is 19.7 Å². The van der Waals surface area contributed by atoms with Crippen LogP contribution in [0.1, 0.15) is 42.5 Å². The zero-order valence-electron chi connectivity index (χ0n) is 19.9. The number of nitro benzene ring substituents is 1. The molecule has 0 unspecified atom stereocenters. The average molecular weight is 498 g/mol. The zero-order valence-corrected chi connectivity index (χ0v) is 20.7. The van der Waals surface area contributed by atoms with Gasteiger partial charge in [0.15, 0.2) is 0 Å². The quantitative estimate of drug-likeness (QED) is 0.293. The SMILES string of the molecule is CC(C)(C)N(CC(=O)N(CCc1ccccc1)Cc1ccco1)C(=O)c1ccc(Cl)c([N+](=O)[O-])c1. The van der Waals surface area contributed by atoms with Crippen molar-refractivity contribution in [3.05, 3.63) is 99.0 Å². The summed E-state index contributed by atoms with van der Waals surface area (Å²) in [4.78, 5) is 40.6. The summed E-state index contributed by atoms with van der Waals surface area (Å²) in [5, 5.41) is 11.2. The van der Waals surface area contributed by atoms with Gasteiger partial charge in [-0.3, -0.25) is 19.7 Å². The molecule has 184 valence electrons. The van der Waals surface area contributed by atoms with E-state index in [2.05, 4.69) is 0 Å². The van der Waals surface area contributed by atoms with Crippen molar-refractivity contribution in [2.45, 2.75) is 39.3 Å². The number of carbonyl (C=O) groups is 2. The number of hydrogen-bond acceptors (Lipinski definition) is 5. The highest BCUT2D eigenvalue weighted by atomic mass is 35.5. The summed E-state index contributed by atoms with van der Waals surface area (Å²) in [6.45, 7) is 5.92. The van der Waals surface area contributed by atoms with Crippen LogP contribution in [-0.4, -0.2) is 45.2 Å². The largest absolute Gasteiger partial charge is 0.467 e. The summed E-state index contributed by atoms with van der Waals surface area (Å²) in [6.07, 6.45) is 2.19. The van der Waals surface area contributed by atoms with Crippen molar-refractivity contribution < 1.29 is 18.9 Å². The van der Waals surface area contributed by atoms with Crippen molar-refractivity contribution in [2.24, 2.45) is 0 Å². The van der Waals surface area contributed by atoms with Gasteiger partial charge in [-0.1, -0.05) is 41.9 Å². The Morgan fingerprint density at radius 2 is 1.77 bits per heavy atom. The maximum absolute atomic E-state index is 13.5. The third-order valence-electron chi connectivity index (χ3n) is 5.53. The molecule has 0 fully saturated rings. The molecule has 0 saturated carbocycles. The van der Waals surface area contributed by atoms with Crippen LogP contribution >= 0.6 is 11.6 Å². The highest BCUT2D eigenvalue weighted by molar-refractivity contribution is 6.32. The lowest BCUT2D eigenvalue weighted by atomic mass is 10.0. The molecule has 0 aliphatic rings. The summed E-state index contributed by atoms with van der Waals surface area (Å²) in [5.41, 5.74) is 0.0874. The summed E-state index contributed by atoms with van der Waals surface area (Å²) in [6, 6.07) is 17.2. The highest BCUT2D eigenvalue weighted by Crippen LogP contribution is 2.27. The second-order valence-electron chi connectivity index (χ2n) is 9.12. The van der Waals surface area contributed by atoms with Crippen LogP contribution in [0.25, 0.3) is 0 Å². The molecule has 0 spiro atoms. The lowest BCUT2D eigenvalue weighted by Crippen LogP contribution is -2.51. The minimum Gasteiger partial charge on any atom is -0.467 e. The molecule has 0 saturated heterocycles. The van der Waals surface area contributed by atoms with Gasteiger partial charge in [0.2, 0.25) is 5.91 Å². The normalized spacial score (nSPS) is 11.2.